The lowest BCUT2D eigenvalue weighted by Gasteiger charge is -2.34. The summed E-state index contributed by atoms with van der Waals surface area (Å²) < 4.78 is 5.18. The van der Waals surface area contributed by atoms with Gasteiger partial charge in [-0.15, -0.1) is 0 Å². The average molecular weight is 346 g/mol. The molecule has 1 unspecified atom stereocenters. The van der Waals surface area contributed by atoms with Crippen molar-refractivity contribution in [3.05, 3.63) is 29.8 Å². The number of likely N-dealkylation sites (tertiary alicyclic amines) is 1. The molecule has 1 heterocycles. The van der Waals surface area contributed by atoms with Crippen LogP contribution >= 0.6 is 0 Å². The highest BCUT2D eigenvalue weighted by atomic mass is 16.5. The van der Waals surface area contributed by atoms with Crippen LogP contribution in [0.1, 0.15) is 25.3 Å². The number of aliphatic imine (C=N–C) groups is 1. The molecule has 0 aromatic heterocycles. The molecule has 0 radical (unpaired) electrons. The van der Waals surface area contributed by atoms with Gasteiger partial charge in [-0.05, 0) is 37.5 Å². The van der Waals surface area contributed by atoms with E-state index in [9.17, 15) is 4.79 Å². The number of carbonyl (C=O) groups is 1. The number of piperidine rings is 1. The van der Waals surface area contributed by atoms with Crippen LogP contribution in [0.5, 0.6) is 0 Å². The molecule has 6 nitrogen and oxygen atoms in total. The first-order chi connectivity index (χ1) is 12.0. The Morgan fingerprint density at radius 3 is 2.92 bits per heavy atom. The molecule has 0 amide bonds. The molecule has 0 bridgehead atoms. The van der Waals surface area contributed by atoms with Gasteiger partial charge in [-0.2, -0.15) is 0 Å². The Morgan fingerprint density at radius 2 is 2.24 bits per heavy atom. The van der Waals surface area contributed by atoms with Gasteiger partial charge in [0, 0.05) is 46.5 Å². The maximum atomic E-state index is 12.0. The Balaban J connectivity index is 1.95. The number of anilines is 1. The number of hydrogen-bond acceptors (Lipinski definition) is 4. The summed E-state index contributed by atoms with van der Waals surface area (Å²) in [4.78, 5) is 20.7. The maximum absolute atomic E-state index is 12.0. The number of nitrogens with zero attached hydrogens (tertiary/aromatic N) is 3. The van der Waals surface area contributed by atoms with Gasteiger partial charge >= 0.3 is 5.97 Å². The van der Waals surface area contributed by atoms with Crippen molar-refractivity contribution in [1.29, 1.82) is 0 Å². The quantitative estimate of drug-likeness (QED) is 0.503. The first-order valence-electron chi connectivity index (χ1n) is 8.93. The van der Waals surface area contributed by atoms with Crippen molar-refractivity contribution in [2.45, 2.75) is 26.3 Å². The van der Waals surface area contributed by atoms with Crippen LogP contribution in [-0.4, -0.2) is 57.7 Å². The second kappa shape index (κ2) is 9.30. The summed E-state index contributed by atoms with van der Waals surface area (Å²) in [5.41, 5.74) is 2.38. The molecule has 0 aliphatic carbocycles. The van der Waals surface area contributed by atoms with E-state index in [0.717, 1.165) is 25.3 Å². The van der Waals surface area contributed by atoms with E-state index in [4.69, 9.17) is 4.74 Å². The van der Waals surface area contributed by atoms with Crippen molar-refractivity contribution in [1.82, 2.24) is 10.2 Å². The van der Waals surface area contributed by atoms with Gasteiger partial charge in [0.05, 0.1) is 12.5 Å². The molecule has 1 aliphatic rings. The Bertz CT molecular complexity index is 601. The van der Waals surface area contributed by atoms with E-state index in [-0.39, 0.29) is 11.9 Å². The Labute approximate surface area is 150 Å². The summed E-state index contributed by atoms with van der Waals surface area (Å²) in [5.74, 6) is 0.676. The fraction of sp³-hybridized carbons (Fsp3) is 0.579. The summed E-state index contributed by atoms with van der Waals surface area (Å²) >= 11 is 0. The molecular formula is C19H30N4O2. The van der Waals surface area contributed by atoms with Crippen molar-refractivity contribution in [2.24, 2.45) is 10.9 Å². The van der Waals surface area contributed by atoms with Gasteiger partial charge in [0.2, 0.25) is 0 Å². The second-order valence-electron chi connectivity index (χ2n) is 6.50. The highest BCUT2D eigenvalue weighted by Crippen LogP contribution is 2.18. The highest BCUT2D eigenvalue weighted by Gasteiger charge is 2.28. The summed E-state index contributed by atoms with van der Waals surface area (Å²) in [6.07, 6.45) is 1.86. The van der Waals surface area contributed by atoms with Gasteiger partial charge in [-0.1, -0.05) is 12.1 Å². The molecular weight excluding hydrogens is 316 g/mol. The van der Waals surface area contributed by atoms with Gasteiger partial charge in [0.1, 0.15) is 0 Å². The third-order valence-corrected chi connectivity index (χ3v) is 4.43. The third-order valence-electron chi connectivity index (χ3n) is 4.43. The number of rotatable bonds is 5. The zero-order valence-corrected chi connectivity index (χ0v) is 15.8. The van der Waals surface area contributed by atoms with Crippen LogP contribution in [0.15, 0.2) is 29.3 Å². The lowest BCUT2D eigenvalue weighted by molar-refractivity contribution is -0.149. The predicted molar refractivity (Wildman–Crippen MR) is 102 cm³/mol. The van der Waals surface area contributed by atoms with E-state index >= 15 is 0 Å². The molecule has 2 rings (SSSR count). The molecule has 1 aromatic carbocycles. The molecule has 1 atom stereocenters. The molecule has 1 fully saturated rings. The molecule has 0 saturated carbocycles. The Kier molecular flexibility index (Phi) is 7.10. The van der Waals surface area contributed by atoms with Crippen LogP contribution in [0, 0.1) is 5.92 Å². The minimum absolute atomic E-state index is 0.0654. The first-order valence-corrected chi connectivity index (χ1v) is 8.93. The number of benzene rings is 1. The molecule has 1 saturated heterocycles. The fourth-order valence-corrected chi connectivity index (χ4v) is 3.08. The number of nitrogens with one attached hydrogen (secondary N) is 1. The van der Waals surface area contributed by atoms with Crippen LogP contribution in [0.4, 0.5) is 5.69 Å². The summed E-state index contributed by atoms with van der Waals surface area (Å²) in [6, 6.07) is 8.42. The van der Waals surface area contributed by atoms with Gasteiger partial charge < -0.3 is 19.9 Å². The zero-order chi connectivity index (χ0) is 18.2. The standard InChI is InChI=1S/C19H30N4O2/c1-5-25-18(24)16-9-7-11-23(14-16)19(20-2)21-13-15-8-6-10-17(12-15)22(3)4/h6,8,10,12,16H,5,7,9,11,13-14H2,1-4H3,(H,20,21). The zero-order valence-electron chi connectivity index (χ0n) is 15.8. The number of guanidine groups is 1. The molecule has 138 valence electrons. The molecule has 6 heteroatoms. The third kappa shape index (κ3) is 5.37. The molecule has 0 spiro atoms. The normalized spacial score (nSPS) is 18.0. The largest absolute Gasteiger partial charge is 0.466 e. The van der Waals surface area contributed by atoms with Gasteiger partial charge in [-0.25, -0.2) is 0 Å². The van der Waals surface area contributed by atoms with Crippen LogP contribution in [0.25, 0.3) is 0 Å². The van der Waals surface area contributed by atoms with Gasteiger partial charge in [-0.3, -0.25) is 9.79 Å². The van der Waals surface area contributed by atoms with Crippen LogP contribution in [0.3, 0.4) is 0 Å². The average Bonchev–Trinajstić information content (AvgIpc) is 2.63. The topological polar surface area (TPSA) is 57.2 Å². The lowest BCUT2D eigenvalue weighted by atomic mass is 9.98. The lowest BCUT2D eigenvalue weighted by Crippen LogP contribution is -2.48. The van der Waals surface area contributed by atoms with Crippen molar-refractivity contribution < 1.29 is 9.53 Å². The fourth-order valence-electron chi connectivity index (χ4n) is 3.08. The van der Waals surface area contributed by atoms with Crippen molar-refractivity contribution in [2.75, 3.05) is 45.7 Å². The number of ether oxygens (including phenoxy) is 1. The summed E-state index contributed by atoms with van der Waals surface area (Å²) in [5, 5.41) is 3.42. The molecule has 1 N–H and O–H groups in total. The number of hydrogen-bond donors (Lipinski definition) is 1. The van der Waals surface area contributed by atoms with E-state index in [1.54, 1.807) is 7.05 Å². The van der Waals surface area contributed by atoms with E-state index in [1.807, 2.05) is 21.0 Å². The van der Waals surface area contributed by atoms with E-state index < -0.39 is 0 Å². The van der Waals surface area contributed by atoms with Gasteiger partial charge in [0.15, 0.2) is 5.96 Å². The Hall–Kier alpha value is -2.24. The number of esters is 1. The van der Waals surface area contributed by atoms with Crippen molar-refractivity contribution in [3.8, 4) is 0 Å². The highest BCUT2D eigenvalue weighted by molar-refractivity contribution is 5.81. The van der Waals surface area contributed by atoms with E-state index in [0.29, 0.717) is 19.7 Å². The first kappa shape index (κ1) is 19.1. The minimum Gasteiger partial charge on any atom is -0.466 e. The second-order valence-corrected chi connectivity index (χ2v) is 6.50. The molecule has 1 aromatic rings. The summed E-state index contributed by atoms with van der Waals surface area (Å²) in [7, 11) is 5.86. The van der Waals surface area contributed by atoms with Crippen molar-refractivity contribution in [3.63, 3.8) is 0 Å². The van der Waals surface area contributed by atoms with Crippen LogP contribution in [0.2, 0.25) is 0 Å². The van der Waals surface area contributed by atoms with Crippen molar-refractivity contribution >= 4 is 17.6 Å². The smallest absolute Gasteiger partial charge is 0.310 e. The van der Waals surface area contributed by atoms with Crippen LogP contribution < -0.4 is 10.2 Å². The maximum Gasteiger partial charge on any atom is 0.310 e. The van der Waals surface area contributed by atoms with Gasteiger partial charge in [0.25, 0.3) is 0 Å². The van der Waals surface area contributed by atoms with Crippen LogP contribution in [-0.2, 0) is 16.1 Å². The Morgan fingerprint density at radius 1 is 1.44 bits per heavy atom. The van der Waals surface area contributed by atoms with E-state index in [2.05, 4.69) is 44.4 Å². The monoisotopic (exact) mass is 346 g/mol. The predicted octanol–water partition coefficient (Wildman–Crippen LogP) is 2.10. The van der Waals surface area contributed by atoms with E-state index in [1.165, 1.54) is 11.3 Å². The number of carbonyl (C=O) groups excluding carboxylic acids is 1. The molecule has 1 aliphatic heterocycles. The SMILES string of the molecule is CCOC(=O)C1CCCN(C(=NC)NCc2cccc(N(C)C)c2)C1. The summed E-state index contributed by atoms with van der Waals surface area (Å²) in [6.45, 7) is 4.56. The minimum atomic E-state index is -0.0960. The molecule has 25 heavy (non-hydrogen) atoms.